The number of hydrogen-bond acceptors (Lipinski definition) is 4. The van der Waals surface area contributed by atoms with Crippen molar-refractivity contribution in [2.75, 3.05) is 5.32 Å². The van der Waals surface area contributed by atoms with Gasteiger partial charge in [0.2, 0.25) is 0 Å². The summed E-state index contributed by atoms with van der Waals surface area (Å²) < 4.78 is 1.40. The summed E-state index contributed by atoms with van der Waals surface area (Å²) in [5.74, 6) is -0.317. The highest BCUT2D eigenvalue weighted by Crippen LogP contribution is 2.15. The van der Waals surface area contributed by atoms with Gasteiger partial charge in [0, 0.05) is 30.1 Å². The first-order chi connectivity index (χ1) is 13.3. The van der Waals surface area contributed by atoms with Crippen LogP contribution in [0.4, 0.5) is 11.4 Å². The van der Waals surface area contributed by atoms with Crippen molar-refractivity contribution in [2.24, 2.45) is 0 Å². The third kappa shape index (κ3) is 4.50. The number of hydrogen-bond donors (Lipinski definition) is 1. The standard InChI is InChI=1S/C21H19N3O4/c1-14-9-15(2)11-18(10-14)22-21(26)17-5-8-20(25)23(13-17)12-16-3-6-19(7-4-16)24(27)28/h3-11,13H,12H2,1-2H3,(H,22,26). The molecule has 0 saturated carbocycles. The molecule has 0 bridgehead atoms. The number of nitrogens with zero attached hydrogens (tertiary/aromatic N) is 2. The highest BCUT2D eigenvalue weighted by Gasteiger charge is 2.10. The number of pyridine rings is 1. The summed E-state index contributed by atoms with van der Waals surface area (Å²) in [6.07, 6.45) is 1.49. The zero-order chi connectivity index (χ0) is 20.3. The Balaban J connectivity index is 1.81. The van der Waals surface area contributed by atoms with Gasteiger partial charge in [0.15, 0.2) is 0 Å². The van der Waals surface area contributed by atoms with E-state index in [4.69, 9.17) is 0 Å². The molecule has 0 saturated heterocycles. The SMILES string of the molecule is Cc1cc(C)cc(NC(=O)c2ccc(=O)n(Cc3ccc([N+](=O)[O-])cc3)c2)c1. The highest BCUT2D eigenvalue weighted by molar-refractivity contribution is 6.04. The van der Waals surface area contributed by atoms with Crippen molar-refractivity contribution in [3.63, 3.8) is 0 Å². The van der Waals surface area contributed by atoms with Crippen molar-refractivity contribution < 1.29 is 9.72 Å². The number of nitro benzene ring substituents is 1. The summed E-state index contributed by atoms with van der Waals surface area (Å²) in [6, 6.07) is 14.5. The molecular weight excluding hydrogens is 358 g/mol. The third-order valence-corrected chi connectivity index (χ3v) is 4.23. The fourth-order valence-electron chi connectivity index (χ4n) is 2.96. The van der Waals surface area contributed by atoms with Gasteiger partial charge in [-0.1, -0.05) is 18.2 Å². The lowest BCUT2D eigenvalue weighted by Gasteiger charge is -2.10. The van der Waals surface area contributed by atoms with Crippen LogP contribution in [0, 0.1) is 24.0 Å². The van der Waals surface area contributed by atoms with E-state index in [1.807, 2.05) is 32.0 Å². The number of rotatable bonds is 5. The van der Waals surface area contributed by atoms with Crippen molar-refractivity contribution in [2.45, 2.75) is 20.4 Å². The number of amides is 1. The monoisotopic (exact) mass is 377 g/mol. The van der Waals surface area contributed by atoms with Crippen LogP contribution in [-0.2, 0) is 6.54 Å². The van der Waals surface area contributed by atoms with Gasteiger partial charge in [0.05, 0.1) is 17.0 Å². The Hall–Kier alpha value is -3.74. The van der Waals surface area contributed by atoms with Crippen LogP contribution in [0.2, 0.25) is 0 Å². The van der Waals surface area contributed by atoms with Crippen LogP contribution in [0.1, 0.15) is 27.0 Å². The van der Waals surface area contributed by atoms with E-state index in [-0.39, 0.29) is 23.7 Å². The molecule has 0 unspecified atom stereocenters. The summed E-state index contributed by atoms with van der Waals surface area (Å²) in [7, 11) is 0. The molecule has 1 aromatic heterocycles. The summed E-state index contributed by atoms with van der Waals surface area (Å²) in [4.78, 5) is 35.0. The van der Waals surface area contributed by atoms with Gasteiger partial charge in [-0.25, -0.2) is 0 Å². The van der Waals surface area contributed by atoms with Gasteiger partial charge in [-0.05, 0) is 48.7 Å². The van der Waals surface area contributed by atoms with Crippen molar-refractivity contribution in [1.29, 1.82) is 0 Å². The van der Waals surface area contributed by atoms with Gasteiger partial charge in [-0.3, -0.25) is 19.7 Å². The largest absolute Gasteiger partial charge is 0.322 e. The topological polar surface area (TPSA) is 94.2 Å². The number of carbonyl (C=O) groups excluding carboxylic acids is 1. The van der Waals surface area contributed by atoms with Crippen molar-refractivity contribution in [3.8, 4) is 0 Å². The molecule has 0 fully saturated rings. The quantitative estimate of drug-likeness (QED) is 0.542. The van der Waals surface area contributed by atoms with Crippen LogP contribution in [0.15, 0.2) is 65.6 Å². The molecule has 3 aromatic rings. The highest BCUT2D eigenvalue weighted by atomic mass is 16.6. The molecule has 28 heavy (non-hydrogen) atoms. The van der Waals surface area contributed by atoms with Crippen molar-refractivity contribution in [3.05, 3.63) is 104 Å². The maximum absolute atomic E-state index is 12.6. The van der Waals surface area contributed by atoms with E-state index in [0.29, 0.717) is 11.3 Å². The van der Waals surface area contributed by atoms with Gasteiger partial charge < -0.3 is 9.88 Å². The van der Waals surface area contributed by atoms with E-state index in [1.165, 1.54) is 35.0 Å². The Morgan fingerprint density at radius 1 is 1.04 bits per heavy atom. The molecule has 0 aliphatic rings. The number of carbonyl (C=O) groups is 1. The normalized spacial score (nSPS) is 10.5. The molecule has 1 heterocycles. The van der Waals surface area contributed by atoms with E-state index in [0.717, 1.165) is 16.7 Å². The molecule has 7 nitrogen and oxygen atoms in total. The first-order valence-electron chi connectivity index (χ1n) is 8.65. The molecule has 3 rings (SSSR count). The van der Waals surface area contributed by atoms with Gasteiger partial charge >= 0.3 is 0 Å². The van der Waals surface area contributed by atoms with Crippen LogP contribution in [-0.4, -0.2) is 15.4 Å². The molecule has 1 amide bonds. The minimum atomic E-state index is -0.478. The van der Waals surface area contributed by atoms with Gasteiger partial charge in [0.25, 0.3) is 17.2 Å². The minimum absolute atomic E-state index is 0.0160. The van der Waals surface area contributed by atoms with Crippen LogP contribution in [0.3, 0.4) is 0 Å². The Bertz CT molecular complexity index is 1080. The van der Waals surface area contributed by atoms with E-state index in [9.17, 15) is 19.7 Å². The maximum Gasteiger partial charge on any atom is 0.269 e. The zero-order valence-corrected chi connectivity index (χ0v) is 15.5. The van der Waals surface area contributed by atoms with Crippen molar-refractivity contribution in [1.82, 2.24) is 4.57 Å². The van der Waals surface area contributed by atoms with Crippen LogP contribution in [0.25, 0.3) is 0 Å². The molecule has 2 aromatic carbocycles. The summed E-state index contributed by atoms with van der Waals surface area (Å²) in [5, 5.41) is 13.6. The molecular formula is C21H19N3O4. The second kappa shape index (κ2) is 7.87. The number of nitrogens with one attached hydrogen (secondary N) is 1. The van der Waals surface area contributed by atoms with Gasteiger partial charge in [-0.2, -0.15) is 0 Å². The lowest BCUT2D eigenvalue weighted by Crippen LogP contribution is -2.22. The zero-order valence-electron chi connectivity index (χ0n) is 15.5. The fourth-order valence-corrected chi connectivity index (χ4v) is 2.96. The summed E-state index contributed by atoms with van der Waals surface area (Å²) >= 11 is 0. The number of aryl methyl sites for hydroxylation is 2. The number of aromatic nitrogens is 1. The smallest absolute Gasteiger partial charge is 0.269 e. The summed E-state index contributed by atoms with van der Waals surface area (Å²) in [5.41, 5.74) is 3.56. The molecule has 7 heteroatoms. The van der Waals surface area contributed by atoms with E-state index < -0.39 is 4.92 Å². The molecule has 0 radical (unpaired) electrons. The van der Waals surface area contributed by atoms with E-state index in [1.54, 1.807) is 12.1 Å². The molecule has 0 spiro atoms. The predicted octanol–water partition coefficient (Wildman–Crippen LogP) is 3.67. The maximum atomic E-state index is 12.6. The van der Waals surface area contributed by atoms with Crippen LogP contribution >= 0.6 is 0 Å². The first kappa shape index (κ1) is 19.0. The lowest BCUT2D eigenvalue weighted by molar-refractivity contribution is -0.384. The van der Waals surface area contributed by atoms with Gasteiger partial charge in [-0.15, -0.1) is 0 Å². The van der Waals surface area contributed by atoms with Crippen molar-refractivity contribution >= 4 is 17.3 Å². The van der Waals surface area contributed by atoms with Gasteiger partial charge in [0.1, 0.15) is 0 Å². The Morgan fingerprint density at radius 2 is 1.68 bits per heavy atom. The third-order valence-electron chi connectivity index (χ3n) is 4.23. The average molecular weight is 377 g/mol. The van der Waals surface area contributed by atoms with E-state index >= 15 is 0 Å². The number of nitro groups is 1. The minimum Gasteiger partial charge on any atom is -0.322 e. The predicted molar refractivity (Wildman–Crippen MR) is 107 cm³/mol. The van der Waals surface area contributed by atoms with E-state index in [2.05, 4.69) is 5.32 Å². The second-order valence-electron chi connectivity index (χ2n) is 6.64. The Morgan fingerprint density at radius 3 is 2.29 bits per heavy atom. The lowest BCUT2D eigenvalue weighted by atomic mass is 10.1. The fraction of sp³-hybridized carbons (Fsp3) is 0.143. The molecule has 1 N–H and O–H groups in total. The molecule has 0 aliphatic carbocycles. The first-order valence-corrected chi connectivity index (χ1v) is 8.65. The number of anilines is 1. The molecule has 0 aliphatic heterocycles. The number of non-ortho nitro benzene ring substituents is 1. The van der Waals surface area contributed by atoms with Crippen LogP contribution < -0.4 is 10.9 Å². The second-order valence-corrected chi connectivity index (χ2v) is 6.64. The average Bonchev–Trinajstić information content (AvgIpc) is 2.63. The molecule has 142 valence electrons. The number of benzene rings is 2. The molecule has 0 atom stereocenters. The Labute approximate surface area is 161 Å². The Kier molecular flexibility index (Phi) is 5.35. The summed E-state index contributed by atoms with van der Waals surface area (Å²) in [6.45, 7) is 4.11. The van der Waals surface area contributed by atoms with Crippen LogP contribution in [0.5, 0.6) is 0 Å².